The van der Waals surface area contributed by atoms with Gasteiger partial charge in [-0.2, -0.15) is 0 Å². The van der Waals surface area contributed by atoms with E-state index in [4.69, 9.17) is 11.6 Å². The molecule has 4 heteroatoms. The molecular weight excluding hydrogens is 282 g/mol. The van der Waals surface area contributed by atoms with E-state index in [0.29, 0.717) is 0 Å². The fourth-order valence-corrected chi connectivity index (χ4v) is 3.29. The van der Waals surface area contributed by atoms with E-state index in [1.165, 1.54) is 18.5 Å². The van der Waals surface area contributed by atoms with Crippen molar-refractivity contribution < 1.29 is 0 Å². The van der Waals surface area contributed by atoms with Crippen LogP contribution >= 0.6 is 11.6 Å². The van der Waals surface area contributed by atoms with Gasteiger partial charge in [0.05, 0.1) is 16.2 Å². The molecule has 1 N–H and O–H groups in total. The first-order chi connectivity index (χ1) is 10.3. The van der Waals surface area contributed by atoms with Gasteiger partial charge in [0.15, 0.2) is 0 Å². The Balaban J connectivity index is 1.78. The highest BCUT2D eigenvalue weighted by Gasteiger charge is 2.24. The third kappa shape index (κ3) is 3.14. The molecule has 21 heavy (non-hydrogen) atoms. The summed E-state index contributed by atoms with van der Waals surface area (Å²) in [6, 6.07) is 8.09. The topological polar surface area (TPSA) is 28.2 Å². The van der Waals surface area contributed by atoms with Crippen molar-refractivity contribution in [1.82, 2.24) is 10.3 Å². The Bertz CT molecular complexity index is 614. The molecule has 0 radical (unpaired) electrons. The molecule has 0 spiro atoms. The quantitative estimate of drug-likeness (QED) is 0.853. The van der Waals surface area contributed by atoms with Crippen molar-refractivity contribution in [1.29, 1.82) is 0 Å². The second-order valence-electron chi connectivity index (χ2n) is 5.77. The Kier molecular flexibility index (Phi) is 4.61. The summed E-state index contributed by atoms with van der Waals surface area (Å²) in [5.74, 6) is 0.728. The molecule has 112 valence electrons. The molecule has 1 aliphatic heterocycles. The maximum Gasteiger partial charge on any atom is 0.0950 e. The predicted molar refractivity (Wildman–Crippen MR) is 90.2 cm³/mol. The van der Waals surface area contributed by atoms with Gasteiger partial charge in [0.25, 0.3) is 0 Å². The Morgan fingerprint density at radius 2 is 2.29 bits per heavy atom. The van der Waals surface area contributed by atoms with Crippen LogP contribution in [0.1, 0.15) is 19.8 Å². The number of aromatic nitrogens is 1. The van der Waals surface area contributed by atoms with Gasteiger partial charge < -0.3 is 10.2 Å². The first-order valence-electron chi connectivity index (χ1n) is 7.78. The largest absolute Gasteiger partial charge is 0.369 e. The van der Waals surface area contributed by atoms with E-state index in [1.54, 1.807) is 0 Å². The highest BCUT2D eigenvalue weighted by Crippen LogP contribution is 2.33. The van der Waals surface area contributed by atoms with Gasteiger partial charge in [-0.05, 0) is 56.1 Å². The highest BCUT2D eigenvalue weighted by atomic mass is 35.5. The fourth-order valence-electron chi connectivity index (χ4n) is 3.08. The van der Waals surface area contributed by atoms with Crippen LogP contribution in [0, 0.1) is 5.92 Å². The number of hydrogen-bond acceptors (Lipinski definition) is 3. The van der Waals surface area contributed by atoms with Crippen molar-refractivity contribution in [3.05, 3.63) is 35.5 Å². The van der Waals surface area contributed by atoms with Crippen LogP contribution in [0.5, 0.6) is 0 Å². The van der Waals surface area contributed by atoms with Crippen LogP contribution in [0.2, 0.25) is 5.02 Å². The Morgan fingerprint density at radius 3 is 3.14 bits per heavy atom. The van der Waals surface area contributed by atoms with E-state index in [2.05, 4.69) is 28.2 Å². The fraction of sp³-hybridized carbons (Fsp3) is 0.471. The highest BCUT2D eigenvalue weighted by molar-refractivity contribution is 6.35. The molecule has 3 rings (SSSR count). The summed E-state index contributed by atoms with van der Waals surface area (Å²) in [5.41, 5.74) is 2.24. The summed E-state index contributed by atoms with van der Waals surface area (Å²) >= 11 is 6.28. The molecule has 1 aromatic carbocycles. The van der Waals surface area contributed by atoms with E-state index in [9.17, 15) is 0 Å². The number of benzene rings is 1. The van der Waals surface area contributed by atoms with Crippen LogP contribution in [0.25, 0.3) is 10.9 Å². The van der Waals surface area contributed by atoms with Gasteiger partial charge in [0, 0.05) is 24.7 Å². The summed E-state index contributed by atoms with van der Waals surface area (Å²) < 4.78 is 0. The van der Waals surface area contributed by atoms with Crippen LogP contribution in [-0.2, 0) is 0 Å². The zero-order chi connectivity index (χ0) is 14.7. The summed E-state index contributed by atoms with van der Waals surface area (Å²) in [7, 11) is 0. The average molecular weight is 304 g/mol. The molecule has 1 saturated heterocycles. The van der Waals surface area contributed by atoms with Gasteiger partial charge >= 0.3 is 0 Å². The number of rotatable bonds is 5. The van der Waals surface area contributed by atoms with E-state index in [1.807, 2.05) is 24.4 Å². The van der Waals surface area contributed by atoms with Crippen LogP contribution in [0.15, 0.2) is 30.5 Å². The molecule has 1 aliphatic rings. The van der Waals surface area contributed by atoms with E-state index in [-0.39, 0.29) is 0 Å². The monoisotopic (exact) mass is 303 g/mol. The molecule has 1 fully saturated rings. The number of nitrogens with zero attached hydrogens (tertiary/aromatic N) is 2. The van der Waals surface area contributed by atoms with Crippen LogP contribution in [0.3, 0.4) is 0 Å². The number of pyridine rings is 1. The van der Waals surface area contributed by atoms with Crippen molar-refractivity contribution in [2.75, 3.05) is 31.1 Å². The number of hydrogen-bond donors (Lipinski definition) is 1. The molecule has 0 amide bonds. The van der Waals surface area contributed by atoms with E-state index >= 15 is 0 Å². The van der Waals surface area contributed by atoms with Crippen molar-refractivity contribution in [2.45, 2.75) is 19.8 Å². The summed E-state index contributed by atoms with van der Waals surface area (Å²) in [6.45, 7) is 6.64. The maximum absolute atomic E-state index is 6.28. The SMILES string of the molecule is CCCNCC1CCN(c2ccc(Cl)c3cccnc23)C1. The molecule has 1 unspecified atom stereocenters. The molecule has 1 aromatic heterocycles. The smallest absolute Gasteiger partial charge is 0.0950 e. The lowest BCUT2D eigenvalue weighted by Crippen LogP contribution is -2.27. The van der Waals surface area contributed by atoms with Crippen molar-refractivity contribution in [3.8, 4) is 0 Å². The molecule has 3 nitrogen and oxygen atoms in total. The summed E-state index contributed by atoms with van der Waals surface area (Å²) in [6.07, 6.45) is 4.29. The standard InChI is InChI=1S/C17H22ClN3/c1-2-8-19-11-13-7-10-21(12-13)16-6-5-15(18)14-4-3-9-20-17(14)16/h3-6,9,13,19H,2,7-8,10-12H2,1H3. The zero-order valence-electron chi connectivity index (χ0n) is 12.5. The molecule has 0 bridgehead atoms. The minimum atomic E-state index is 0.728. The molecular formula is C17H22ClN3. The lowest BCUT2D eigenvalue weighted by Gasteiger charge is -2.20. The average Bonchev–Trinajstić information content (AvgIpc) is 2.97. The minimum Gasteiger partial charge on any atom is -0.369 e. The normalized spacial score (nSPS) is 18.6. The van der Waals surface area contributed by atoms with Gasteiger partial charge in [-0.15, -0.1) is 0 Å². The van der Waals surface area contributed by atoms with Gasteiger partial charge in [-0.3, -0.25) is 4.98 Å². The van der Waals surface area contributed by atoms with E-state index < -0.39 is 0 Å². The lowest BCUT2D eigenvalue weighted by molar-refractivity contribution is 0.516. The van der Waals surface area contributed by atoms with Crippen LogP contribution in [-0.4, -0.2) is 31.2 Å². The first-order valence-corrected chi connectivity index (χ1v) is 8.16. The molecule has 0 saturated carbocycles. The molecule has 2 aromatic rings. The van der Waals surface area contributed by atoms with Gasteiger partial charge in [0.1, 0.15) is 0 Å². The Morgan fingerprint density at radius 1 is 1.38 bits per heavy atom. The molecule has 1 atom stereocenters. The van der Waals surface area contributed by atoms with Crippen molar-refractivity contribution in [2.24, 2.45) is 5.92 Å². The first kappa shape index (κ1) is 14.6. The second kappa shape index (κ2) is 6.63. The van der Waals surface area contributed by atoms with Crippen LogP contribution in [0.4, 0.5) is 5.69 Å². The van der Waals surface area contributed by atoms with E-state index in [0.717, 1.165) is 48.0 Å². The van der Waals surface area contributed by atoms with Crippen molar-refractivity contribution >= 4 is 28.2 Å². The number of nitrogens with one attached hydrogen (secondary N) is 1. The second-order valence-corrected chi connectivity index (χ2v) is 6.18. The molecule has 0 aliphatic carbocycles. The third-order valence-electron chi connectivity index (χ3n) is 4.18. The van der Waals surface area contributed by atoms with Gasteiger partial charge in [-0.25, -0.2) is 0 Å². The van der Waals surface area contributed by atoms with Crippen LogP contribution < -0.4 is 10.2 Å². The Labute approximate surface area is 131 Å². The predicted octanol–water partition coefficient (Wildman–Crippen LogP) is 3.71. The maximum atomic E-state index is 6.28. The lowest BCUT2D eigenvalue weighted by atomic mass is 10.1. The Hall–Kier alpha value is -1.32. The molecule has 2 heterocycles. The van der Waals surface area contributed by atoms with Gasteiger partial charge in [0.2, 0.25) is 0 Å². The van der Waals surface area contributed by atoms with Gasteiger partial charge in [-0.1, -0.05) is 18.5 Å². The summed E-state index contributed by atoms with van der Waals surface area (Å²) in [5, 5.41) is 5.36. The zero-order valence-corrected chi connectivity index (χ0v) is 13.2. The number of fused-ring (bicyclic) bond motifs is 1. The number of anilines is 1. The third-order valence-corrected chi connectivity index (χ3v) is 4.51. The minimum absolute atomic E-state index is 0.728. The number of halogens is 1. The summed E-state index contributed by atoms with van der Waals surface area (Å²) in [4.78, 5) is 6.99. The van der Waals surface area contributed by atoms with Crippen molar-refractivity contribution in [3.63, 3.8) is 0 Å².